The van der Waals surface area contributed by atoms with Crippen LogP contribution in [0.2, 0.25) is 0 Å². The summed E-state index contributed by atoms with van der Waals surface area (Å²) in [4.78, 5) is 57.6. The number of ether oxygens (including phenoxy) is 1. The topological polar surface area (TPSA) is 104 Å². The fourth-order valence-electron chi connectivity index (χ4n) is 7.22. The predicted molar refractivity (Wildman–Crippen MR) is 140 cm³/mol. The summed E-state index contributed by atoms with van der Waals surface area (Å²) < 4.78 is 5.54. The fourth-order valence-corrected chi connectivity index (χ4v) is 7.22. The molecule has 3 fully saturated rings. The number of fused-ring (bicyclic) bond motifs is 4. The molecule has 2 saturated heterocycles. The summed E-state index contributed by atoms with van der Waals surface area (Å²) >= 11 is 0. The highest BCUT2D eigenvalue weighted by atomic mass is 16.5. The van der Waals surface area contributed by atoms with Crippen LogP contribution < -0.4 is 4.74 Å². The molecule has 8 heteroatoms. The second kappa shape index (κ2) is 9.04. The van der Waals surface area contributed by atoms with Crippen LogP contribution >= 0.6 is 0 Å². The van der Waals surface area contributed by atoms with Crippen LogP contribution in [0.1, 0.15) is 65.9 Å². The molecule has 8 nitrogen and oxygen atoms in total. The number of allylic oxidation sites excluding steroid dienone is 2. The normalized spacial score (nSPS) is 31.3. The first kappa shape index (κ1) is 26.6. The maximum absolute atomic E-state index is 13.9. The number of amides is 4. The van der Waals surface area contributed by atoms with Gasteiger partial charge in [0.25, 0.3) is 0 Å². The van der Waals surface area contributed by atoms with Gasteiger partial charge in [-0.1, -0.05) is 23.8 Å². The predicted octanol–water partition coefficient (Wildman–Crippen LogP) is 3.29. The van der Waals surface area contributed by atoms with E-state index in [9.17, 15) is 19.2 Å². The van der Waals surface area contributed by atoms with Crippen molar-refractivity contribution < 1.29 is 29.0 Å². The molecular formula is C30H38N2O6. The van der Waals surface area contributed by atoms with Crippen LogP contribution in [-0.4, -0.2) is 62.8 Å². The lowest BCUT2D eigenvalue weighted by molar-refractivity contribution is -0.147. The van der Waals surface area contributed by atoms with Crippen molar-refractivity contribution in [2.24, 2.45) is 29.6 Å². The molecule has 38 heavy (non-hydrogen) atoms. The lowest BCUT2D eigenvalue weighted by Gasteiger charge is -2.44. The zero-order valence-electron chi connectivity index (χ0n) is 23.1. The minimum atomic E-state index is -0.664. The first-order valence-electron chi connectivity index (χ1n) is 13.6. The van der Waals surface area contributed by atoms with Crippen molar-refractivity contribution in [3.05, 3.63) is 41.5 Å². The molecule has 6 unspecified atom stereocenters. The monoisotopic (exact) mass is 522 g/mol. The molecule has 0 radical (unpaired) electrons. The van der Waals surface area contributed by atoms with Gasteiger partial charge in [0.2, 0.25) is 23.6 Å². The van der Waals surface area contributed by atoms with Crippen LogP contribution in [0.4, 0.5) is 0 Å². The smallest absolute Gasteiger partial charge is 0.234 e. The van der Waals surface area contributed by atoms with Crippen LogP contribution in [0, 0.1) is 29.6 Å². The lowest BCUT2D eigenvalue weighted by Crippen LogP contribution is -2.47. The number of benzene rings is 1. The number of nitrogens with zero attached hydrogens (tertiary/aromatic N) is 2. The van der Waals surface area contributed by atoms with Crippen LogP contribution in [0.3, 0.4) is 0 Å². The quantitative estimate of drug-likeness (QED) is 0.481. The number of carbonyl (C=O) groups excluding carboxylic acids is 4. The van der Waals surface area contributed by atoms with Gasteiger partial charge < -0.3 is 9.84 Å². The highest BCUT2D eigenvalue weighted by molar-refractivity contribution is 6.08. The molecule has 0 bridgehead atoms. The van der Waals surface area contributed by atoms with E-state index in [0.29, 0.717) is 18.6 Å². The first-order valence-corrected chi connectivity index (χ1v) is 13.6. The molecule has 0 spiro atoms. The molecule has 1 saturated carbocycles. The summed E-state index contributed by atoms with van der Waals surface area (Å²) in [7, 11) is 0. The van der Waals surface area contributed by atoms with E-state index in [0.717, 1.165) is 11.1 Å². The van der Waals surface area contributed by atoms with E-state index in [1.54, 1.807) is 0 Å². The molecule has 204 valence electrons. The number of imide groups is 2. The number of aliphatic hydroxyl groups is 1. The summed E-state index contributed by atoms with van der Waals surface area (Å²) in [5.74, 6) is -2.80. The highest BCUT2D eigenvalue weighted by Crippen LogP contribution is 2.58. The number of rotatable bonds is 4. The number of likely N-dealkylation sites (tertiary alicyclic amines) is 2. The summed E-state index contributed by atoms with van der Waals surface area (Å²) in [6.45, 7) is 11.3. The molecule has 1 aromatic carbocycles. The van der Waals surface area contributed by atoms with Gasteiger partial charge in [-0.05, 0) is 78.0 Å². The molecule has 6 atom stereocenters. The first-order chi connectivity index (χ1) is 17.8. The molecular weight excluding hydrogens is 484 g/mol. The molecule has 4 amide bonds. The Hall–Kier alpha value is -3.00. The molecule has 1 N–H and O–H groups in total. The Bertz CT molecular complexity index is 1200. The van der Waals surface area contributed by atoms with Crippen molar-refractivity contribution in [2.75, 3.05) is 13.2 Å². The molecule has 2 aliphatic carbocycles. The van der Waals surface area contributed by atoms with E-state index in [1.807, 2.05) is 65.8 Å². The van der Waals surface area contributed by atoms with Gasteiger partial charge in [-0.3, -0.25) is 29.0 Å². The van der Waals surface area contributed by atoms with E-state index in [1.165, 1.54) is 9.80 Å². The maximum atomic E-state index is 13.9. The third-order valence-corrected chi connectivity index (χ3v) is 8.59. The summed E-state index contributed by atoms with van der Waals surface area (Å²) in [6.07, 6.45) is 2.90. The van der Waals surface area contributed by atoms with E-state index in [4.69, 9.17) is 9.84 Å². The summed E-state index contributed by atoms with van der Waals surface area (Å²) in [5, 5.41) is 9.08. The van der Waals surface area contributed by atoms with Gasteiger partial charge in [0.15, 0.2) is 0 Å². The van der Waals surface area contributed by atoms with Gasteiger partial charge in [0, 0.05) is 17.0 Å². The van der Waals surface area contributed by atoms with Gasteiger partial charge in [0.05, 0.1) is 30.3 Å². The number of carbonyl (C=O) groups is 4. The van der Waals surface area contributed by atoms with Crippen LogP contribution in [0.15, 0.2) is 35.9 Å². The standard InChI is InChI=1S/C30H38N2O6/c1-29(2,3)31-25(34)19-12-11-18-20(23(19)27(31)36)15-21-24(28(37)32(26(21)35)30(4,5)6)22(18)16-7-9-17(10-8-16)38-14-13-33/h7-11,19-24,33H,12-15H2,1-6H3. The largest absolute Gasteiger partial charge is 0.491 e. The van der Waals surface area contributed by atoms with Gasteiger partial charge >= 0.3 is 0 Å². The molecule has 2 heterocycles. The van der Waals surface area contributed by atoms with Gasteiger partial charge in [0.1, 0.15) is 12.4 Å². The number of hydrogen-bond donors (Lipinski definition) is 1. The second-order valence-corrected chi connectivity index (χ2v) is 13.0. The Balaban J connectivity index is 1.60. The highest BCUT2D eigenvalue weighted by Gasteiger charge is 2.63. The van der Waals surface area contributed by atoms with E-state index < -0.39 is 34.7 Å². The summed E-state index contributed by atoms with van der Waals surface area (Å²) in [6, 6.07) is 7.43. The molecule has 0 aromatic heterocycles. The van der Waals surface area contributed by atoms with Gasteiger partial charge in [-0.2, -0.15) is 0 Å². The molecule has 5 rings (SSSR count). The Kier molecular flexibility index (Phi) is 6.33. The lowest BCUT2D eigenvalue weighted by atomic mass is 9.57. The Morgan fingerprint density at radius 1 is 0.789 bits per heavy atom. The Morgan fingerprint density at radius 3 is 1.89 bits per heavy atom. The Labute approximate surface area is 224 Å². The van der Waals surface area contributed by atoms with Gasteiger partial charge in [-0.15, -0.1) is 0 Å². The van der Waals surface area contributed by atoms with Crippen molar-refractivity contribution in [3.8, 4) is 5.75 Å². The SMILES string of the molecule is CC(C)(C)N1C(=O)C2CC=C3C(CC4C(=O)N(C(C)(C)C)C(=O)C4C3c3ccc(OCCO)cc3)C2C1=O. The second-order valence-electron chi connectivity index (χ2n) is 13.0. The van der Waals surface area contributed by atoms with Crippen molar-refractivity contribution in [3.63, 3.8) is 0 Å². The molecule has 4 aliphatic rings. The van der Waals surface area contributed by atoms with Gasteiger partial charge in [-0.25, -0.2) is 0 Å². The zero-order valence-corrected chi connectivity index (χ0v) is 23.1. The van der Waals surface area contributed by atoms with E-state index >= 15 is 0 Å². The maximum Gasteiger partial charge on any atom is 0.234 e. The average molecular weight is 523 g/mol. The molecule has 2 aliphatic heterocycles. The third-order valence-electron chi connectivity index (χ3n) is 8.59. The zero-order chi connectivity index (χ0) is 27.7. The van der Waals surface area contributed by atoms with Crippen LogP contribution in [0.5, 0.6) is 5.75 Å². The van der Waals surface area contributed by atoms with Crippen molar-refractivity contribution in [1.82, 2.24) is 9.80 Å². The number of hydrogen-bond acceptors (Lipinski definition) is 6. The summed E-state index contributed by atoms with van der Waals surface area (Å²) in [5.41, 5.74) is 0.578. The van der Waals surface area contributed by atoms with Crippen molar-refractivity contribution in [2.45, 2.75) is 71.4 Å². The number of aliphatic hydroxyl groups excluding tert-OH is 1. The van der Waals surface area contributed by atoms with Crippen LogP contribution in [0.25, 0.3) is 0 Å². The third kappa shape index (κ3) is 3.99. The minimum Gasteiger partial charge on any atom is -0.491 e. The fraction of sp³-hybridized carbons (Fsp3) is 0.600. The van der Waals surface area contributed by atoms with E-state index in [-0.39, 0.29) is 48.7 Å². The average Bonchev–Trinajstić information content (AvgIpc) is 3.25. The molecule has 1 aromatic rings. The van der Waals surface area contributed by atoms with E-state index in [2.05, 4.69) is 6.08 Å². The minimum absolute atomic E-state index is 0.0944. The van der Waals surface area contributed by atoms with Crippen LogP contribution in [-0.2, 0) is 19.2 Å². The van der Waals surface area contributed by atoms with Crippen molar-refractivity contribution in [1.29, 1.82) is 0 Å². The van der Waals surface area contributed by atoms with Crippen molar-refractivity contribution >= 4 is 23.6 Å². The Morgan fingerprint density at radius 2 is 1.34 bits per heavy atom.